The van der Waals surface area contributed by atoms with Gasteiger partial charge in [-0.25, -0.2) is 0 Å². The van der Waals surface area contributed by atoms with Crippen LogP contribution in [0.1, 0.15) is 18.4 Å². The van der Waals surface area contributed by atoms with Crippen molar-refractivity contribution in [1.29, 1.82) is 0 Å². The Morgan fingerprint density at radius 1 is 1.18 bits per heavy atom. The van der Waals surface area contributed by atoms with E-state index >= 15 is 0 Å². The fourth-order valence-electron chi connectivity index (χ4n) is 2.07. The molecule has 5 nitrogen and oxygen atoms in total. The van der Waals surface area contributed by atoms with Gasteiger partial charge in [-0.15, -0.1) is 0 Å². The van der Waals surface area contributed by atoms with Crippen LogP contribution in [-0.4, -0.2) is 10.8 Å². The molecule has 0 unspecified atom stereocenters. The van der Waals surface area contributed by atoms with E-state index in [1.54, 1.807) is 0 Å². The van der Waals surface area contributed by atoms with Crippen LogP contribution >= 0.6 is 11.6 Å². The minimum absolute atomic E-state index is 0.166. The third kappa shape index (κ3) is 4.56. The van der Waals surface area contributed by atoms with Crippen LogP contribution in [-0.2, 0) is 11.2 Å². The zero-order chi connectivity index (χ0) is 15.9. The summed E-state index contributed by atoms with van der Waals surface area (Å²) in [6, 6.07) is 14.0. The lowest BCUT2D eigenvalue weighted by Crippen LogP contribution is -2.12. The maximum absolute atomic E-state index is 11.9. The normalized spacial score (nSPS) is 10.2. The van der Waals surface area contributed by atoms with E-state index in [1.807, 2.05) is 30.3 Å². The van der Waals surface area contributed by atoms with Gasteiger partial charge in [0.15, 0.2) is 0 Å². The maximum Gasteiger partial charge on any atom is 0.294 e. The molecule has 0 aromatic heterocycles. The number of anilines is 1. The zero-order valence-electron chi connectivity index (χ0n) is 11.8. The first kappa shape index (κ1) is 16.0. The summed E-state index contributed by atoms with van der Waals surface area (Å²) < 4.78 is 0. The highest BCUT2D eigenvalue weighted by Crippen LogP contribution is 2.27. The third-order valence-electron chi connectivity index (χ3n) is 3.14. The molecule has 0 spiro atoms. The first-order valence-electron chi connectivity index (χ1n) is 6.84. The molecule has 114 valence electrons. The Hall–Kier alpha value is -2.40. The minimum atomic E-state index is -0.564. The summed E-state index contributed by atoms with van der Waals surface area (Å²) in [4.78, 5) is 22.3. The minimum Gasteiger partial charge on any atom is -0.320 e. The van der Waals surface area contributed by atoms with Crippen LogP contribution in [0.2, 0.25) is 5.02 Å². The number of benzene rings is 2. The van der Waals surface area contributed by atoms with Crippen molar-refractivity contribution in [1.82, 2.24) is 0 Å². The number of nitro groups is 1. The molecule has 0 atom stereocenters. The van der Waals surface area contributed by atoms with Crippen LogP contribution in [0.25, 0.3) is 0 Å². The average molecular weight is 319 g/mol. The molecule has 0 saturated carbocycles. The molecule has 1 N–H and O–H groups in total. The highest BCUT2D eigenvalue weighted by Gasteiger charge is 2.16. The quantitative estimate of drug-likeness (QED) is 0.640. The zero-order valence-corrected chi connectivity index (χ0v) is 12.5. The summed E-state index contributed by atoms with van der Waals surface area (Å²) in [6.45, 7) is 0. The number of nitrogens with zero attached hydrogens (tertiary/aromatic N) is 1. The van der Waals surface area contributed by atoms with Crippen molar-refractivity contribution in [2.24, 2.45) is 0 Å². The molecule has 0 saturated heterocycles. The number of nitro benzene ring substituents is 1. The molecule has 0 aliphatic heterocycles. The fraction of sp³-hybridized carbons (Fsp3) is 0.188. The summed E-state index contributed by atoms with van der Waals surface area (Å²) in [6.07, 6.45) is 1.77. The summed E-state index contributed by atoms with van der Waals surface area (Å²) in [5.74, 6) is -0.249. The lowest BCUT2D eigenvalue weighted by Gasteiger charge is -2.06. The topological polar surface area (TPSA) is 72.2 Å². The molecule has 0 heterocycles. The highest BCUT2D eigenvalue weighted by atomic mass is 35.5. The molecule has 22 heavy (non-hydrogen) atoms. The van der Waals surface area contributed by atoms with Gasteiger partial charge in [0.1, 0.15) is 5.69 Å². The van der Waals surface area contributed by atoms with Crippen molar-refractivity contribution in [3.63, 3.8) is 0 Å². The molecule has 6 heteroatoms. The van der Waals surface area contributed by atoms with Gasteiger partial charge in [-0.1, -0.05) is 41.9 Å². The maximum atomic E-state index is 11.9. The first-order valence-corrected chi connectivity index (χ1v) is 7.22. The van der Waals surface area contributed by atoms with Crippen LogP contribution in [0.3, 0.4) is 0 Å². The molecule has 0 aliphatic carbocycles. The summed E-state index contributed by atoms with van der Waals surface area (Å²) in [5.41, 5.74) is 1.12. The van der Waals surface area contributed by atoms with Crippen molar-refractivity contribution >= 4 is 28.9 Å². The Morgan fingerprint density at radius 2 is 1.91 bits per heavy atom. The van der Waals surface area contributed by atoms with E-state index in [2.05, 4.69) is 5.32 Å². The van der Waals surface area contributed by atoms with E-state index in [1.165, 1.54) is 18.2 Å². The van der Waals surface area contributed by atoms with E-state index < -0.39 is 4.92 Å². The lowest BCUT2D eigenvalue weighted by atomic mass is 10.1. The van der Waals surface area contributed by atoms with E-state index in [9.17, 15) is 14.9 Å². The largest absolute Gasteiger partial charge is 0.320 e. The number of aryl methyl sites for hydroxylation is 1. The highest BCUT2D eigenvalue weighted by molar-refractivity contribution is 6.31. The number of halogens is 1. The summed E-state index contributed by atoms with van der Waals surface area (Å²) in [7, 11) is 0. The predicted molar refractivity (Wildman–Crippen MR) is 86.1 cm³/mol. The smallest absolute Gasteiger partial charge is 0.294 e. The second-order valence-corrected chi connectivity index (χ2v) is 5.24. The molecular weight excluding hydrogens is 304 g/mol. The number of carbonyl (C=O) groups is 1. The number of hydrogen-bond acceptors (Lipinski definition) is 3. The molecule has 0 bridgehead atoms. The van der Waals surface area contributed by atoms with Gasteiger partial charge in [0.25, 0.3) is 5.69 Å². The van der Waals surface area contributed by atoms with E-state index in [-0.39, 0.29) is 22.3 Å². The van der Waals surface area contributed by atoms with Crippen LogP contribution in [0.15, 0.2) is 48.5 Å². The van der Waals surface area contributed by atoms with Crippen molar-refractivity contribution < 1.29 is 9.72 Å². The lowest BCUT2D eigenvalue weighted by molar-refractivity contribution is -0.383. The number of rotatable bonds is 6. The SMILES string of the molecule is O=C(CCCc1ccccc1)Nc1ccc(Cl)cc1[N+](=O)[O-]. The number of amides is 1. The molecule has 0 radical (unpaired) electrons. The second kappa shape index (κ2) is 7.56. The van der Waals surface area contributed by atoms with Crippen molar-refractivity contribution in [2.75, 3.05) is 5.32 Å². The second-order valence-electron chi connectivity index (χ2n) is 4.81. The third-order valence-corrected chi connectivity index (χ3v) is 3.38. The molecule has 1 amide bonds. The van der Waals surface area contributed by atoms with Gasteiger partial charge < -0.3 is 5.32 Å². The number of carbonyl (C=O) groups excluding carboxylic acids is 1. The van der Waals surface area contributed by atoms with Gasteiger partial charge in [-0.3, -0.25) is 14.9 Å². The monoisotopic (exact) mass is 318 g/mol. The van der Waals surface area contributed by atoms with Gasteiger partial charge in [0, 0.05) is 17.5 Å². The molecule has 2 aromatic rings. The van der Waals surface area contributed by atoms with Crippen LogP contribution < -0.4 is 5.32 Å². The molecule has 2 rings (SSSR count). The van der Waals surface area contributed by atoms with Gasteiger partial charge in [0.2, 0.25) is 5.91 Å². The van der Waals surface area contributed by atoms with Crippen molar-refractivity contribution in [3.8, 4) is 0 Å². The van der Waals surface area contributed by atoms with Gasteiger partial charge in [-0.2, -0.15) is 0 Å². The summed E-state index contributed by atoms with van der Waals surface area (Å²) in [5, 5.41) is 13.8. The summed E-state index contributed by atoms with van der Waals surface area (Å²) >= 11 is 5.73. The van der Waals surface area contributed by atoms with Gasteiger partial charge in [0.05, 0.1) is 4.92 Å². The van der Waals surface area contributed by atoms with E-state index in [0.717, 1.165) is 12.0 Å². The van der Waals surface area contributed by atoms with Crippen LogP contribution in [0.4, 0.5) is 11.4 Å². The van der Waals surface area contributed by atoms with Crippen molar-refractivity contribution in [3.05, 3.63) is 69.2 Å². The Balaban J connectivity index is 1.91. The van der Waals surface area contributed by atoms with Crippen molar-refractivity contribution in [2.45, 2.75) is 19.3 Å². The van der Waals surface area contributed by atoms with Crippen LogP contribution in [0.5, 0.6) is 0 Å². The van der Waals surface area contributed by atoms with E-state index in [0.29, 0.717) is 12.8 Å². The fourth-order valence-corrected chi connectivity index (χ4v) is 2.24. The molecule has 0 fully saturated rings. The molecule has 0 aliphatic rings. The number of hydrogen-bond donors (Lipinski definition) is 1. The Kier molecular flexibility index (Phi) is 5.49. The van der Waals surface area contributed by atoms with Gasteiger partial charge >= 0.3 is 0 Å². The van der Waals surface area contributed by atoms with E-state index in [4.69, 9.17) is 11.6 Å². The van der Waals surface area contributed by atoms with Gasteiger partial charge in [-0.05, 0) is 30.5 Å². The average Bonchev–Trinajstić information content (AvgIpc) is 2.50. The number of nitrogens with one attached hydrogen (secondary N) is 1. The Morgan fingerprint density at radius 3 is 2.59 bits per heavy atom. The van der Waals surface area contributed by atoms with Crippen LogP contribution in [0, 0.1) is 10.1 Å². The Labute approximate surface area is 133 Å². The standard InChI is InChI=1S/C16H15ClN2O3/c17-13-9-10-14(15(11-13)19(21)22)18-16(20)8-4-7-12-5-2-1-3-6-12/h1-3,5-6,9-11H,4,7-8H2,(H,18,20). The molecule has 2 aromatic carbocycles. The predicted octanol–water partition coefficient (Wildman–Crippen LogP) is 4.21. The first-order chi connectivity index (χ1) is 10.6. The Bertz CT molecular complexity index is 674. The molecular formula is C16H15ClN2O3.